The maximum absolute atomic E-state index is 13.2. The molecule has 0 aliphatic heterocycles. The van der Waals surface area contributed by atoms with E-state index < -0.39 is 11.7 Å². The van der Waals surface area contributed by atoms with E-state index in [0.717, 1.165) is 31.7 Å². The van der Waals surface area contributed by atoms with Crippen LogP contribution in [0.4, 0.5) is 30.6 Å². The van der Waals surface area contributed by atoms with E-state index in [1.165, 1.54) is 6.07 Å². The Kier molecular flexibility index (Phi) is 5.90. The van der Waals surface area contributed by atoms with Gasteiger partial charge in [0.1, 0.15) is 5.82 Å². The van der Waals surface area contributed by atoms with Crippen LogP contribution in [0.3, 0.4) is 0 Å². The number of hydrogen-bond acceptors (Lipinski definition) is 5. The third kappa shape index (κ3) is 4.89. The molecule has 0 spiro atoms. The number of anilines is 3. The SMILES string of the molecule is FC(F)(F)c1cc(Nc2cc(-c3ccccn3)nc(NC3CCCC3)n2)ccc1Br. The monoisotopic (exact) mass is 477 g/mol. The summed E-state index contributed by atoms with van der Waals surface area (Å²) in [6, 6.07) is 11.4. The molecule has 1 aliphatic rings. The number of halogens is 4. The molecule has 0 radical (unpaired) electrons. The Balaban J connectivity index is 1.68. The van der Waals surface area contributed by atoms with Gasteiger partial charge >= 0.3 is 6.18 Å². The number of hydrogen-bond donors (Lipinski definition) is 2. The highest BCUT2D eigenvalue weighted by Gasteiger charge is 2.33. The van der Waals surface area contributed by atoms with Crippen LogP contribution in [0, 0.1) is 0 Å². The van der Waals surface area contributed by atoms with E-state index in [1.807, 2.05) is 18.2 Å². The van der Waals surface area contributed by atoms with Gasteiger partial charge in [0.2, 0.25) is 5.95 Å². The third-order valence-corrected chi connectivity index (χ3v) is 5.58. The van der Waals surface area contributed by atoms with Gasteiger partial charge in [-0.25, -0.2) is 4.98 Å². The van der Waals surface area contributed by atoms with Crippen molar-refractivity contribution in [1.29, 1.82) is 0 Å². The zero-order valence-corrected chi connectivity index (χ0v) is 17.5. The molecular weight excluding hydrogens is 459 g/mol. The molecule has 0 bridgehead atoms. The van der Waals surface area contributed by atoms with Gasteiger partial charge < -0.3 is 10.6 Å². The molecule has 0 atom stereocenters. The molecule has 4 rings (SSSR count). The van der Waals surface area contributed by atoms with Crippen molar-refractivity contribution >= 4 is 33.4 Å². The molecule has 0 amide bonds. The van der Waals surface area contributed by atoms with Gasteiger partial charge in [0.25, 0.3) is 0 Å². The van der Waals surface area contributed by atoms with Crippen LogP contribution in [-0.2, 0) is 6.18 Å². The first-order valence-corrected chi connectivity index (χ1v) is 10.4. The number of nitrogens with one attached hydrogen (secondary N) is 2. The molecule has 2 aromatic heterocycles. The van der Waals surface area contributed by atoms with Crippen molar-refractivity contribution in [1.82, 2.24) is 15.0 Å². The van der Waals surface area contributed by atoms with E-state index in [-0.39, 0.29) is 10.2 Å². The van der Waals surface area contributed by atoms with Crippen molar-refractivity contribution in [3.05, 3.63) is 58.7 Å². The van der Waals surface area contributed by atoms with Gasteiger partial charge in [0, 0.05) is 28.5 Å². The highest BCUT2D eigenvalue weighted by Crippen LogP contribution is 2.37. The minimum atomic E-state index is -4.46. The number of benzene rings is 1. The summed E-state index contributed by atoms with van der Waals surface area (Å²) in [7, 11) is 0. The minimum absolute atomic E-state index is 0.0130. The maximum Gasteiger partial charge on any atom is 0.417 e. The molecule has 1 aliphatic carbocycles. The normalized spacial score (nSPS) is 14.7. The van der Waals surface area contributed by atoms with E-state index in [4.69, 9.17) is 0 Å². The number of alkyl halides is 3. The van der Waals surface area contributed by atoms with Crippen LogP contribution in [0.5, 0.6) is 0 Å². The van der Waals surface area contributed by atoms with Gasteiger partial charge in [0.15, 0.2) is 0 Å². The largest absolute Gasteiger partial charge is 0.417 e. The summed E-state index contributed by atoms with van der Waals surface area (Å²) in [5.74, 6) is 0.822. The Morgan fingerprint density at radius 2 is 1.77 bits per heavy atom. The first kappa shape index (κ1) is 20.6. The van der Waals surface area contributed by atoms with Crippen molar-refractivity contribution in [2.75, 3.05) is 10.6 Å². The van der Waals surface area contributed by atoms with Crippen molar-refractivity contribution in [2.24, 2.45) is 0 Å². The Morgan fingerprint density at radius 1 is 0.967 bits per heavy atom. The number of rotatable bonds is 5. The number of nitrogens with zero attached hydrogens (tertiary/aromatic N) is 3. The van der Waals surface area contributed by atoms with Crippen LogP contribution in [0.25, 0.3) is 11.4 Å². The number of aromatic nitrogens is 3. The average Bonchev–Trinajstić information content (AvgIpc) is 3.22. The van der Waals surface area contributed by atoms with Gasteiger partial charge in [-0.05, 0) is 43.2 Å². The lowest BCUT2D eigenvalue weighted by atomic mass is 10.2. The van der Waals surface area contributed by atoms with E-state index >= 15 is 0 Å². The lowest BCUT2D eigenvalue weighted by molar-refractivity contribution is -0.138. The van der Waals surface area contributed by atoms with Crippen LogP contribution < -0.4 is 10.6 Å². The van der Waals surface area contributed by atoms with Crippen LogP contribution in [0.2, 0.25) is 0 Å². The molecule has 2 heterocycles. The molecule has 1 saturated carbocycles. The predicted octanol–water partition coefficient (Wildman–Crippen LogP) is 6.42. The first-order chi connectivity index (χ1) is 14.4. The summed E-state index contributed by atoms with van der Waals surface area (Å²) in [5.41, 5.74) is 0.768. The van der Waals surface area contributed by atoms with Gasteiger partial charge in [-0.3, -0.25) is 4.98 Å². The Hall–Kier alpha value is -2.68. The number of pyridine rings is 1. The molecule has 0 unspecified atom stereocenters. The highest BCUT2D eigenvalue weighted by atomic mass is 79.9. The molecule has 30 heavy (non-hydrogen) atoms. The zero-order chi connectivity index (χ0) is 21.1. The summed E-state index contributed by atoms with van der Waals surface area (Å²) in [4.78, 5) is 13.4. The second-order valence-electron chi connectivity index (χ2n) is 7.12. The third-order valence-electron chi connectivity index (χ3n) is 4.89. The van der Waals surface area contributed by atoms with Crippen molar-refractivity contribution in [3.63, 3.8) is 0 Å². The summed E-state index contributed by atoms with van der Waals surface area (Å²) in [6.07, 6.45) is 1.60. The summed E-state index contributed by atoms with van der Waals surface area (Å²) < 4.78 is 39.7. The zero-order valence-electron chi connectivity index (χ0n) is 15.9. The molecule has 5 nitrogen and oxygen atoms in total. The van der Waals surface area contributed by atoms with Crippen LogP contribution in [-0.4, -0.2) is 21.0 Å². The van der Waals surface area contributed by atoms with Gasteiger partial charge in [-0.2, -0.15) is 18.2 Å². The minimum Gasteiger partial charge on any atom is -0.351 e. The second kappa shape index (κ2) is 8.59. The standard InChI is InChI=1S/C21H19BrF3N5/c22-16-9-8-14(11-15(16)21(23,24)25)27-19-12-18(17-7-3-4-10-26-17)29-20(30-19)28-13-5-1-2-6-13/h3-4,7-13H,1-2,5-6H2,(H2,27,28,29,30). The van der Waals surface area contributed by atoms with Crippen molar-refractivity contribution in [2.45, 2.75) is 37.9 Å². The van der Waals surface area contributed by atoms with E-state index in [9.17, 15) is 13.2 Å². The van der Waals surface area contributed by atoms with Crippen molar-refractivity contribution in [3.8, 4) is 11.4 Å². The van der Waals surface area contributed by atoms with E-state index in [1.54, 1.807) is 18.3 Å². The summed E-state index contributed by atoms with van der Waals surface area (Å²) >= 11 is 2.96. The molecule has 3 aromatic rings. The topological polar surface area (TPSA) is 62.7 Å². The van der Waals surface area contributed by atoms with Gasteiger partial charge in [-0.1, -0.05) is 34.8 Å². The van der Waals surface area contributed by atoms with Crippen molar-refractivity contribution < 1.29 is 13.2 Å². The smallest absolute Gasteiger partial charge is 0.351 e. The molecule has 1 aromatic carbocycles. The van der Waals surface area contributed by atoms with Gasteiger partial charge in [-0.15, -0.1) is 0 Å². The Bertz CT molecular complexity index is 1020. The highest BCUT2D eigenvalue weighted by molar-refractivity contribution is 9.10. The fourth-order valence-corrected chi connectivity index (χ4v) is 3.91. The Morgan fingerprint density at radius 3 is 2.47 bits per heavy atom. The predicted molar refractivity (Wildman–Crippen MR) is 114 cm³/mol. The molecule has 156 valence electrons. The lowest BCUT2D eigenvalue weighted by Crippen LogP contribution is -2.17. The molecule has 2 N–H and O–H groups in total. The van der Waals surface area contributed by atoms with Crippen LogP contribution in [0.1, 0.15) is 31.2 Å². The molecule has 9 heteroatoms. The average molecular weight is 478 g/mol. The lowest BCUT2D eigenvalue weighted by Gasteiger charge is -2.16. The fourth-order valence-electron chi connectivity index (χ4n) is 3.44. The fraction of sp³-hybridized carbons (Fsp3) is 0.286. The molecular formula is C21H19BrF3N5. The summed E-state index contributed by atoms with van der Waals surface area (Å²) in [5, 5.41) is 6.32. The molecule has 0 saturated heterocycles. The van der Waals surface area contributed by atoms with Crippen LogP contribution in [0.15, 0.2) is 53.1 Å². The second-order valence-corrected chi connectivity index (χ2v) is 7.97. The first-order valence-electron chi connectivity index (χ1n) is 9.59. The van der Waals surface area contributed by atoms with E-state index in [2.05, 4.69) is 41.5 Å². The van der Waals surface area contributed by atoms with Gasteiger partial charge in [0.05, 0.1) is 17.0 Å². The van der Waals surface area contributed by atoms with E-state index in [0.29, 0.717) is 29.2 Å². The quantitative estimate of drug-likeness (QED) is 0.443. The summed E-state index contributed by atoms with van der Waals surface area (Å²) in [6.45, 7) is 0. The van der Waals surface area contributed by atoms with Crippen LogP contribution >= 0.6 is 15.9 Å². The maximum atomic E-state index is 13.2. The Labute approximate surface area is 180 Å². The molecule has 1 fully saturated rings.